The summed E-state index contributed by atoms with van der Waals surface area (Å²) in [5.41, 5.74) is 1.02. The van der Waals surface area contributed by atoms with Crippen molar-refractivity contribution in [3.05, 3.63) is 11.9 Å². The molecule has 17 heavy (non-hydrogen) atoms. The molecule has 4 nitrogen and oxygen atoms in total. The minimum atomic E-state index is -0.745. The van der Waals surface area contributed by atoms with Crippen LogP contribution in [-0.4, -0.2) is 31.8 Å². The molecule has 1 aliphatic carbocycles. The molecule has 1 atom stereocenters. The van der Waals surface area contributed by atoms with Crippen molar-refractivity contribution in [1.82, 2.24) is 9.55 Å². The van der Waals surface area contributed by atoms with Gasteiger partial charge in [0.2, 0.25) is 5.95 Å². The maximum Gasteiger partial charge on any atom is 0.203 e. The molecule has 1 N–H and O–H groups in total. The number of hydrogen-bond donors (Lipinski definition) is 1. The van der Waals surface area contributed by atoms with Gasteiger partial charge < -0.3 is 9.88 Å². The van der Waals surface area contributed by atoms with E-state index in [0.29, 0.717) is 11.8 Å². The first kappa shape index (κ1) is 12.6. The fourth-order valence-electron chi connectivity index (χ4n) is 2.31. The molecule has 0 spiro atoms. The molecule has 0 aromatic carbocycles. The summed E-state index contributed by atoms with van der Waals surface area (Å²) in [6, 6.07) is 0.572. The average Bonchev–Trinajstić information content (AvgIpc) is 2.86. The summed E-state index contributed by atoms with van der Waals surface area (Å²) in [5.74, 6) is 1.63. The molecule has 0 saturated heterocycles. The predicted molar refractivity (Wildman–Crippen MR) is 71.8 cm³/mol. The molecule has 1 unspecified atom stereocenters. The van der Waals surface area contributed by atoms with Crippen molar-refractivity contribution in [2.45, 2.75) is 45.2 Å². The third kappa shape index (κ3) is 3.56. The van der Waals surface area contributed by atoms with Gasteiger partial charge in [0.1, 0.15) is 0 Å². The van der Waals surface area contributed by atoms with Crippen LogP contribution in [-0.2, 0) is 17.3 Å². The monoisotopic (exact) mass is 255 g/mol. The molecule has 1 aliphatic rings. The van der Waals surface area contributed by atoms with E-state index in [-0.39, 0.29) is 0 Å². The maximum absolute atomic E-state index is 11.1. The molecule has 0 bridgehead atoms. The van der Waals surface area contributed by atoms with Gasteiger partial charge in [-0.15, -0.1) is 0 Å². The van der Waals surface area contributed by atoms with Gasteiger partial charge in [0.05, 0.1) is 5.69 Å². The summed E-state index contributed by atoms with van der Waals surface area (Å²) in [4.78, 5) is 4.50. The van der Waals surface area contributed by atoms with Gasteiger partial charge in [-0.1, -0.05) is 12.8 Å². The molecule has 1 saturated carbocycles. The quantitative estimate of drug-likeness (QED) is 0.874. The Morgan fingerprint density at radius 1 is 1.53 bits per heavy atom. The van der Waals surface area contributed by atoms with Crippen molar-refractivity contribution in [3.63, 3.8) is 0 Å². The highest BCUT2D eigenvalue weighted by Crippen LogP contribution is 2.22. The minimum Gasteiger partial charge on any atom is -0.353 e. The minimum absolute atomic E-state index is 0.572. The lowest BCUT2D eigenvalue weighted by atomic mass is 10.2. The Labute approximate surface area is 105 Å². The lowest BCUT2D eigenvalue weighted by Crippen LogP contribution is -2.19. The van der Waals surface area contributed by atoms with Crippen LogP contribution < -0.4 is 5.32 Å². The molecule has 1 aromatic heterocycles. The van der Waals surface area contributed by atoms with E-state index in [1.165, 1.54) is 25.7 Å². The van der Waals surface area contributed by atoms with Gasteiger partial charge >= 0.3 is 0 Å². The summed E-state index contributed by atoms with van der Waals surface area (Å²) in [6.07, 6.45) is 8.89. The van der Waals surface area contributed by atoms with Crippen LogP contribution in [0.1, 0.15) is 31.4 Å². The maximum atomic E-state index is 11.1. The van der Waals surface area contributed by atoms with E-state index < -0.39 is 10.8 Å². The van der Waals surface area contributed by atoms with E-state index in [1.54, 1.807) is 6.26 Å². The molecule has 2 rings (SSSR count). The molecule has 1 aromatic rings. The summed E-state index contributed by atoms with van der Waals surface area (Å²) < 4.78 is 13.2. The van der Waals surface area contributed by atoms with Gasteiger partial charge in [-0.3, -0.25) is 4.21 Å². The van der Waals surface area contributed by atoms with Gasteiger partial charge in [-0.2, -0.15) is 0 Å². The van der Waals surface area contributed by atoms with Gasteiger partial charge in [-0.25, -0.2) is 4.98 Å². The second-order valence-electron chi connectivity index (χ2n) is 4.80. The van der Waals surface area contributed by atoms with Crippen LogP contribution in [0.15, 0.2) is 6.20 Å². The number of anilines is 1. The number of nitrogens with zero attached hydrogens (tertiary/aromatic N) is 2. The van der Waals surface area contributed by atoms with Gasteiger partial charge in [0.15, 0.2) is 0 Å². The zero-order chi connectivity index (χ0) is 12.3. The SMILES string of the molecule is Cc1cn(CCS(C)=O)c(NC2CCCC2)n1. The van der Waals surface area contributed by atoms with Gasteiger partial charge in [0, 0.05) is 41.6 Å². The van der Waals surface area contributed by atoms with Crippen LogP contribution in [0.4, 0.5) is 5.95 Å². The normalized spacial score (nSPS) is 18.5. The highest BCUT2D eigenvalue weighted by molar-refractivity contribution is 7.84. The molecule has 0 radical (unpaired) electrons. The van der Waals surface area contributed by atoms with Crippen LogP contribution in [0.25, 0.3) is 0 Å². The molecular weight excluding hydrogens is 234 g/mol. The Bertz CT molecular complexity index is 396. The lowest BCUT2D eigenvalue weighted by Gasteiger charge is -2.14. The number of aryl methyl sites for hydroxylation is 2. The Balaban J connectivity index is 2.01. The van der Waals surface area contributed by atoms with E-state index in [1.807, 2.05) is 13.1 Å². The fourth-order valence-corrected chi connectivity index (χ4v) is 2.77. The van der Waals surface area contributed by atoms with Crippen LogP contribution in [0.3, 0.4) is 0 Å². The third-order valence-corrected chi connectivity index (χ3v) is 3.96. The van der Waals surface area contributed by atoms with Crippen molar-refractivity contribution >= 4 is 16.7 Å². The summed E-state index contributed by atoms with van der Waals surface area (Å²) in [5, 5.41) is 3.51. The Kier molecular flexibility index (Phi) is 4.20. The van der Waals surface area contributed by atoms with Crippen molar-refractivity contribution < 1.29 is 4.21 Å². The first-order valence-corrected chi connectivity index (χ1v) is 7.98. The second-order valence-corrected chi connectivity index (χ2v) is 6.36. The molecule has 1 heterocycles. The molecular formula is C12H21N3OS. The molecule has 0 amide bonds. The number of imidazole rings is 1. The predicted octanol–water partition coefficient (Wildman–Crippen LogP) is 1.92. The van der Waals surface area contributed by atoms with Crippen LogP contribution in [0, 0.1) is 6.92 Å². The van der Waals surface area contributed by atoms with E-state index >= 15 is 0 Å². The van der Waals surface area contributed by atoms with E-state index in [0.717, 1.165) is 18.2 Å². The number of nitrogens with one attached hydrogen (secondary N) is 1. The molecule has 1 fully saturated rings. The largest absolute Gasteiger partial charge is 0.353 e. The zero-order valence-electron chi connectivity index (χ0n) is 10.6. The number of aromatic nitrogens is 2. The van der Waals surface area contributed by atoms with Gasteiger partial charge in [-0.05, 0) is 19.8 Å². The molecule has 5 heteroatoms. The third-order valence-electron chi connectivity index (χ3n) is 3.21. The first-order chi connectivity index (χ1) is 8.15. The highest BCUT2D eigenvalue weighted by atomic mass is 32.2. The second kappa shape index (κ2) is 5.67. The van der Waals surface area contributed by atoms with E-state index in [9.17, 15) is 4.21 Å². The van der Waals surface area contributed by atoms with Crippen LogP contribution in [0.5, 0.6) is 0 Å². The van der Waals surface area contributed by atoms with Crippen LogP contribution in [0.2, 0.25) is 0 Å². The van der Waals surface area contributed by atoms with Crippen molar-refractivity contribution in [2.24, 2.45) is 0 Å². The topological polar surface area (TPSA) is 46.9 Å². The number of rotatable bonds is 5. The number of hydrogen-bond acceptors (Lipinski definition) is 3. The Morgan fingerprint density at radius 3 is 2.88 bits per heavy atom. The Morgan fingerprint density at radius 2 is 2.24 bits per heavy atom. The van der Waals surface area contributed by atoms with E-state index in [4.69, 9.17) is 0 Å². The smallest absolute Gasteiger partial charge is 0.203 e. The standard InChI is InChI=1S/C12H21N3OS/c1-10-9-15(7-8-17(2)16)12(13-10)14-11-5-3-4-6-11/h9,11H,3-8H2,1-2H3,(H,13,14). The first-order valence-electron chi connectivity index (χ1n) is 6.25. The lowest BCUT2D eigenvalue weighted by molar-refractivity contribution is 0.674. The summed E-state index contributed by atoms with van der Waals surface area (Å²) >= 11 is 0. The summed E-state index contributed by atoms with van der Waals surface area (Å²) in [6.45, 7) is 2.78. The average molecular weight is 255 g/mol. The van der Waals surface area contributed by atoms with E-state index in [2.05, 4.69) is 14.9 Å². The van der Waals surface area contributed by atoms with Crippen LogP contribution >= 0.6 is 0 Å². The van der Waals surface area contributed by atoms with Gasteiger partial charge in [0.25, 0.3) is 0 Å². The highest BCUT2D eigenvalue weighted by Gasteiger charge is 2.17. The van der Waals surface area contributed by atoms with Crippen molar-refractivity contribution in [2.75, 3.05) is 17.3 Å². The van der Waals surface area contributed by atoms with Crippen molar-refractivity contribution in [3.8, 4) is 0 Å². The molecule has 0 aliphatic heterocycles. The summed E-state index contributed by atoms with van der Waals surface area (Å²) in [7, 11) is -0.745. The fraction of sp³-hybridized carbons (Fsp3) is 0.750. The molecule has 96 valence electrons. The Hall–Kier alpha value is -0.840. The van der Waals surface area contributed by atoms with Crippen molar-refractivity contribution in [1.29, 1.82) is 0 Å². The zero-order valence-corrected chi connectivity index (χ0v) is 11.4.